The van der Waals surface area contributed by atoms with E-state index in [0.29, 0.717) is 11.3 Å². The van der Waals surface area contributed by atoms with Crippen LogP contribution in [0, 0.1) is 0 Å². The van der Waals surface area contributed by atoms with E-state index in [0.717, 1.165) is 16.7 Å². The molecule has 33 heavy (non-hydrogen) atoms. The van der Waals surface area contributed by atoms with E-state index < -0.39 is 16.0 Å². The van der Waals surface area contributed by atoms with Gasteiger partial charge in [0.1, 0.15) is 23.0 Å². The fraction of sp³-hybridized carbons (Fsp3) is 0.0833. The van der Waals surface area contributed by atoms with Crippen molar-refractivity contribution in [3.63, 3.8) is 0 Å². The van der Waals surface area contributed by atoms with Crippen molar-refractivity contribution in [3.8, 4) is 11.5 Å². The first-order chi connectivity index (χ1) is 15.9. The average Bonchev–Trinajstić information content (AvgIpc) is 3.07. The number of rotatable bonds is 8. The summed E-state index contributed by atoms with van der Waals surface area (Å²) in [4.78, 5) is 26.4. The van der Waals surface area contributed by atoms with Gasteiger partial charge in [0.2, 0.25) is 0 Å². The Hall–Kier alpha value is -3.56. The average molecular weight is 482 g/mol. The van der Waals surface area contributed by atoms with E-state index in [2.05, 4.69) is 0 Å². The summed E-state index contributed by atoms with van der Waals surface area (Å²) in [5, 5.41) is -0.387. The number of hydrogen-bond acceptors (Lipinski definition) is 7. The van der Waals surface area contributed by atoms with Crippen LogP contribution in [-0.2, 0) is 14.9 Å². The van der Waals surface area contributed by atoms with Gasteiger partial charge in [-0.15, -0.1) is 0 Å². The van der Waals surface area contributed by atoms with Gasteiger partial charge in [0.15, 0.2) is 0 Å². The first kappa shape index (κ1) is 22.6. The quantitative estimate of drug-likeness (QED) is 0.344. The minimum atomic E-state index is -3.99. The highest BCUT2D eigenvalue weighted by molar-refractivity contribution is 8.18. The van der Waals surface area contributed by atoms with Crippen LogP contribution in [-0.4, -0.2) is 37.6 Å². The van der Waals surface area contributed by atoms with Crippen molar-refractivity contribution in [2.45, 2.75) is 4.90 Å². The second kappa shape index (κ2) is 9.93. The summed E-state index contributed by atoms with van der Waals surface area (Å²) < 4.78 is 35.7. The molecule has 3 aromatic carbocycles. The lowest BCUT2D eigenvalue weighted by Crippen LogP contribution is -2.32. The normalized spacial score (nSPS) is 15.2. The molecule has 168 valence electrons. The number of ether oxygens (including phenoxy) is 1. The summed E-state index contributed by atoms with van der Waals surface area (Å²) in [6.45, 7) is 0.297. The van der Waals surface area contributed by atoms with Crippen LogP contribution in [0.4, 0.5) is 4.79 Å². The van der Waals surface area contributed by atoms with Crippen molar-refractivity contribution in [2.75, 3.05) is 13.2 Å². The number of imide groups is 1. The zero-order valence-electron chi connectivity index (χ0n) is 17.3. The van der Waals surface area contributed by atoms with Gasteiger partial charge in [0.25, 0.3) is 11.1 Å². The second-order valence-corrected chi connectivity index (χ2v) is 9.46. The Morgan fingerprint density at radius 1 is 0.848 bits per heavy atom. The fourth-order valence-corrected chi connectivity index (χ4v) is 4.84. The van der Waals surface area contributed by atoms with Crippen LogP contribution in [0.15, 0.2) is 94.7 Å². The predicted octanol–water partition coefficient (Wildman–Crippen LogP) is 4.57. The Bertz CT molecular complexity index is 1290. The third-order valence-electron chi connectivity index (χ3n) is 4.59. The van der Waals surface area contributed by atoms with E-state index in [9.17, 15) is 18.0 Å². The summed E-state index contributed by atoms with van der Waals surface area (Å²) in [6, 6.07) is 23.2. The summed E-state index contributed by atoms with van der Waals surface area (Å²) in [7, 11) is -3.99. The van der Waals surface area contributed by atoms with Crippen molar-refractivity contribution >= 4 is 39.1 Å². The first-order valence-corrected chi connectivity index (χ1v) is 12.2. The molecular weight excluding hydrogens is 462 g/mol. The maximum atomic E-state index is 12.7. The minimum absolute atomic E-state index is 0.0363. The van der Waals surface area contributed by atoms with E-state index >= 15 is 0 Å². The molecular formula is C24H19NO6S2. The van der Waals surface area contributed by atoms with Crippen LogP contribution in [0.1, 0.15) is 5.56 Å². The van der Waals surface area contributed by atoms with Gasteiger partial charge in [-0.25, -0.2) is 0 Å². The van der Waals surface area contributed by atoms with Crippen molar-refractivity contribution < 1.29 is 26.9 Å². The molecule has 0 unspecified atom stereocenters. The minimum Gasteiger partial charge on any atom is -0.492 e. The van der Waals surface area contributed by atoms with Gasteiger partial charge in [-0.3, -0.25) is 14.5 Å². The number of para-hydroxylation sites is 1. The zero-order valence-corrected chi connectivity index (χ0v) is 18.9. The molecule has 7 nitrogen and oxygen atoms in total. The standard InChI is InChI=1S/C24H19NO6S2/c26-23-22(32-24(27)25(23)14-15-30-19-9-3-1-4-10-19)17-18-8-7-11-20(16-18)31-33(28,29)21-12-5-2-6-13-21/h1-13,16-17H,14-15H2/b22-17-. The van der Waals surface area contributed by atoms with Crippen molar-refractivity contribution in [1.29, 1.82) is 0 Å². The summed E-state index contributed by atoms with van der Waals surface area (Å²) in [6.07, 6.45) is 1.53. The molecule has 0 spiro atoms. The molecule has 0 N–H and O–H groups in total. The Balaban J connectivity index is 1.43. The molecule has 0 bridgehead atoms. The number of nitrogens with zero attached hydrogens (tertiary/aromatic N) is 1. The fourth-order valence-electron chi connectivity index (χ4n) is 3.03. The summed E-state index contributed by atoms with van der Waals surface area (Å²) >= 11 is 0.823. The van der Waals surface area contributed by atoms with E-state index in [1.54, 1.807) is 42.5 Å². The molecule has 3 aromatic rings. The van der Waals surface area contributed by atoms with Crippen LogP contribution in [0.3, 0.4) is 0 Å². The van der Waals surface area contributed by atoms with Crippen LogP contribution >= 0.6 is 11.8 Å². The summed E-state index contributed by atoms with van der Waals surface area (Å²) in [5.41, 5.74) is 0.529. The molecule has 1 fully saturated rings. The Morgan fingerprint density at radius 3 is 2.24 bits per heavy atom. The van der Waals surface area contributed by atoms with Gasteiger partial charge in [0.05, 0.1) is 11.4 Å². The second-order valence-electron chi connectivity index (χ2n) is 6.92. The van der Waals surface area contributed by atoms with Gasteiger partial charge in [0, 0.05) is 0 Å². The molecule has 0 aromatic heterocycles. The number of carbonyl (C=O) groups excluding carboxylic acids is 2. The number of carbonyl (C=O) groups is 2. The third kappa shape index (κ3) is 5.63. The molecule has 2 amide bonds. The smallest absolute Gasteiger partial charge is 0.339 e. The molecule has 0 atom stereocenters. The van der Waals surface area contributed by atoms with E-state index in [4.69, 9.17) is 8.92 Å². The van der Waals surface area contributed by atoms with Crippen molar-refractivity contribution in [1.82, 2.24) is 4.90 Å². The number of amides is 2. The number of thioether (sulfide) groups is 1. The van der Waals surface area contributed by atoms with Gasteiger partial charge in [-0.05, 0) is 59.8 Å². The molecule has 0 radical (unpaired) electrons. The number of hydrogen-bond donors (Lipinski definition) is 0. The van der Waals surface area contributed by atoms with E-state index in [1.165, 1.54) is 30.3 Å². The molecule has 1 aliphatic rings. The van der Waals surface area contributed by atoms with Gasteiger partial charge < -0.3 is 8.92 Å². The summed E-state index contributed by atoms with van der Waals surface area (Å²) in [5.74, 6) is 0.329. The maximum Gasteiger partial charge on any atom is 0.339 e. The predicted molar refractivity (Wildman–Crippen MR) is 125 cm³/mol. The molecule has 9 heteroatoms. The molecule has 1 heterocycles. The number of benzene rings is 3. The Kier molecular flexibility index (Phi) is 6.81. The van der Waals surface area contributed by atoms with Crippen LogP contribution in [0.5, 0.6) is 11.5 Å². The third-order valence-corrected chi connectivity index (χ3v) is 6.76. The highest BCUT2D eigenvalue weighted by Crippen LogP contribution is 2.32. The van der Waals surface area contributed by atoms with Crippen molar-refractivity contribution in [2.24, 2.45) is 0 Å². The molecule has 0 saturated carbocycles. The molecule has 0 aliphatic carbocycles. The molecule has 1 aliphatic heterocycles. The van der Waals surface area contributed by atoms with Crippen LogP contribution in [0.25, 0.3) is 6.08 Å². The highest BCUT2D eigenvalue weighted by Gasteiger charge is 2.34. The lowest BCUT2D eigenvalue weighted by atomic mass is 10.2. The monoisotopic (exact) mass is 481 g/mol. The maximum absolute atomic E-state index is 12.7. The topological polar surface area (TPSA) is 90.0 Å². The lowest BCUT2D eigenvalue weighted by Gasteiger charge is -2.13. The Morgan fingerprint density at radius 2 is 1.52 bits per heavy atom. The van der Waals surface area contributed by atoms with Gasteiger partial charge in [-0.2, -0.15) is 8.42 Å². The lowest BCUT2D eigenvalue weighted by molar-refractivity contribution is -0.123. The molecule has 1 saturated heterocycles. The van der Waals surface area contributed by atoms with Crippen LogP contribution in [0.2, 0.25) is 0 Å². The largest absolute Gasteiger partial charge is 0.492 e. The van der Waals surface area contributed by atoms with Crippen LogP contribution < -0.4 is 8.92 Å². The van der Waals surface area contributed by atoms with E-state index in [1.807, 2.05) is 18.2 Å². The highest BCUT2D eigenvalue weighted by atomic mass is 32.2. The van der Waals surface area contributed by atoms with E-state index in [-0.39, 0.29) is 33.9 Å². The SMILES string of the molecule is O=C1S/C(=C\c2cccc(OS(=O)(=O)c3ccccc3)c2)C(=O)N1CCOc1ccccc1. The van der Waals surface area contributed by atoms with Gasteiger partial charge in [-0.1, -0.05) is 48.5 Å². The molecule has 4 rings (SSSR count). The Labute approximate surface area is 195 Å². The van der Waals surface area contributed by atoms with Crippen molar-refractivity contribution in [3.05, 3.63) is 95.4 Å². The zero-order chi connectivity index (χ0) is 23.3. The van der Waals surface area contributed by atoms with Gasteiger partial charge >= 0.3 is 10.1 Å². The first-order valence-electron chi connectivity index (χ1n) is 9.95.